The number of carbonyl (C=O) groups is 1. The molecule has 9 nitrogen and oxygen atoms in total. The maximum atomic E-state index is 15.4. The van der Waals surface area contributed by atoms with Crippen molar-refractivity contribution < 1.29 is 13.9 Å². The number of benzene rings is 1. The van der Waals surface area contributed by atoms with E-state index in [1.54, 1.807) is 18.0 Å². The molecule has 1 saturated heterocycles. The average molecular weight is 548 g/mol. The van der Waals surface area contributed by atoms with Crippen LogP contribution in [0.4, 0.5) is 15.9 Å². The summed E-state index contributed by atoms with van der Waals surface area (Å²) in [5.41, 5.74) is 3.06. The predicted octanol–water partition coefficient (Wildman–Crippen LogP) is 4.07. The van der Waals surface area contributed by atoms with Crippen molar-refractivity contribution in [3.8, 4) is 5.88 Å². The maximum absolute atomic E-state index is 15.4. The van der Waals surface area contributed by atoms with Crippen LogP contribution in [0.15, 0.2) is 66.1 Å². The lowest BCUT2D eigenvalue weighted by molar-refractivity contribution is 0.0799. The number of rotatable bonds is 9. The van der Waals surface area contributed by atoms with Crippen molar-refractivity contribution in [1.29, 1.82) is 0 Å². The highest BCUT2D eigenvalue weighted by molar-refractivity contribution is 6.01. The van der Waals surface area contributed by atoms with E-state index >= 15 is 4.39 Å². The van der Waals surface area contributed by atoms with Gasteiger partial charge in [0.1, 0.15) is 11.9 Å². The third kappa shape index (κ3) is 6.03. The van der Waals surface area contributed by atoms with Gasteiger partial charge < -0.3 is 25.2 Å². The smallest absolute Gasteiger partial charge is 0.262 e. The number of likely N-dealkylation sites (N-methyl/N-ethyl adjacent to an activating group) is 1. The van der Waals surface area contributed by atoms with Gasteiger partial charge in [-0.15, -0.1) is 0 Å². The highest BCUT2D eigenvalue weighted by Gasteiger charge is 2.33. The van der Waals surface area contributed by atoms with Crippen molar-refractivity contribution in [2.24, 2.45) is 5.92 Å². The Morgan fingerprint density at radius 3 is 2.58 bits per heavy atom. The topological polar surface area (TPSA) is 85.9 Å². The monoisotopic (exact) mass is 547 g/mol. The summed E-state index contributed by atoms with van der Waals surface area (Å²) in [4.78, 5) is 28.5. The Bertz CT molecular complexity index is 1320. The Kier molecular flexibility index (Phi) is 8.46. The molecule has 1 aromatic carbocycles. The third-order valence-electron chi connectivity index (χ3n) is 7.78. The van der Waals surface area contributed by atoms with Gasteiger partial charge in [0, 0.05) is 57.7 Å². The van der Waals surface area contributed by atoms with Gasteiger partial charge in [-0.3, -0.25) is 9.69 Å². The van der Waals surface area contributed by atoms with E-state index in [4.69, 9.17) is 4.74 Å². The zero-order valence-electron chi connectivity index (χ0n) is 23.7. The number of ether oxygens (including phenoxy) is 1. The molecule has 2 atom stereocenters. The molecule has 0 bridgehead atoms. The van der Waals surface area contributed by atoms with Crippen molar-refractivity contribution in [3.63, 3.8) is 0 Å². The number of fused-ring (bicyclic) bond motifs is 1. The van der Waals surface area contributed by atoms with Crippen molar-refractivity contribution in [2.45, 2.75) is 33.4 Å². The van der Waals surface area contributed by atoms with Gasteiger partial charge in [-0.05, 0) is 44.2 Å². The van der Waals surface area contributed by atoms with Crippen LogP contribution in [-0.2, 0) is 6.54 Å². The summed E-state index contributed by atoms with van der Waals surface area (Å²) in [6, 6.07) is 7.98. The summed E-state index contributed by atoms with van der Waals surface area (Å²) in [5.74, 6) is -0.831. The van der Waals surface area contributed by atoms with E-state index in [1.807, 2.05) is 38.1 Å². The van der Waals surface area contributed by atoms with Crippen LogP contribution in [0.25, 0.3) is 0 Å². The lowest BCUT2D eigenvalue weighted by Gasteiger charge is -2.34. The van der Waals surface area contributed by atoms with Crippen LogP contribution in [0, 0.1) is 5.92 Å². The fourth-order valence-electron chi connectivity index (χ4n) is 5.22. The van der Waals surface area contributed by atoms with Gasteiger partial charge in [0.15, 0.2) is 17.4 Å². The van der Waals surface area contributed by atoms with E-state index in [0.29, 0.717) is 12.4 Å². The molecule has 0 saturated carbocycles. The lowest BCUT2D eigenvalue weighted by atomic mass is 9.95. The van der Waals surface area contributed by atoms with E-state index in [-0.39, 0.29) is 29.2 Å². The number of piperazine rings is 1. The molecule has 2 N–H and O–H groups in total. The predicted molar refractivity (Wildman–Crippen MR) is 154 cm³/mol. The number of nitrogens with zero attached hydrogens (tertiary/aromatic N) is 5. The van der Waals surface area contributed by atoms with Gasteiger partial charge in [0.2, 0.25) is 5.88 Å². The number of carbonyl (C=O) groups excluding carboxylic acids is 1. The molecule has 40 heavy (non-hydrogen) atoms. The average Bonchev–Trinajstić information content (AvgIpc) is 3.36. The molecule has 1 aliphatic carbocycles. The van der Waals surface area contributed by atoms with Crippen molar-refractivity contribution >= 4 is 17.4 Å². The second kappa shape index (κ2) is 12.2. The normalized spacial score (nSPS) is 21.1. The van der Waals surface area contributed by atoms with Crippen LogP contribution >= 0.6 is 0 Å². The molecular formula is C30H38FN7O2. The summed E-state index contributed by atoms with van der Waals surface area (Å²) in [6.45, 7) is 12.8. The Labute approximate surface area is 235 Å². The second-order valence-corrected chi connectivity index (χ2v) is 10.5. The van der Waals surface area contributed by atoms with Gasteiger partial charge in [-0.25, -0.2) is 14.4 Å². The van der Waals surface area contributed by atoms with Crippen molar-refractivity contribution in [2.75, 3.05) is 51.6 Å². The molecule has 1 fully saturated rings. The van der Waals surface area contributed by atoms with E-state index in [1.165, 1.54) is 11.9 Å². The van der Waals surface area contributed by atoms with Crippen LogP contribution in [0.3, 0.4) is 0 Å². The molecular weight excluding hydrogens is 509 g/mol. The molecule has 0 radical (unpaired) electrons. The summed E-state index contributed by atoms with van der Waals surface area (Å²) < 4.78 is 21.3. The van der Waals surface area contributed by atoms with Gasteiger partial charge in [-0.1, -0.05) is 31.2 Å². The Balaban J connectivity index is 1.36. The zero-order chi connectivity index (χ0) is 28.2. The highest BCUT2D eigenvalue weighted by atomic mass is 19.1. The van der Waals surface area contributed by atoms with E-state index in [0.717, 1.165) is 50.7 Å². The van der Waals surface area contributed by atoms with E-state index in [2.05, 4.69) is 49.5 Å². The standard InChI is InChI=1S/C30H38FN7O2/c1-5-36(4)30(39)26-28(35-22-9-7-21(8-10-22)18-38-15-13-37(6-2)14-16-38)32-19-33-29(26)40-25-12-11-24-23(27(25)31)17-20(3)34-24/h7-12,17,19,23-24,34H,5-6,13-16,18H2,1-4H3,(H,32,33,35). The molecule has 10 heteroatoms. The molecule has 1 amide bonds. The first-order valence-electron chi connectivity index (χ1n) is 14.0. The first-order chi connectivity index (χ1) is 19.4. The summed E-state index contributed by atoms with van der Waals surface area (Å²) in [7, 11) is 1.70. The van der Waals surface area contributed by atoms with E-state index in [9.17, 15) is 4.79 Å². The lowest BCUT2D eigenvalue weighted by Crippen LogP contribution is -2.45. The second-order valence-electron chi connectivity index (χ2n) is 10.5. The molecule has 2 unspecified atom stereocenters. The quantitative estimate of drug-likeness (QED) is 0.486. The Morgan fingerprint density at radius 2 is 1.88 bits per heavy atom. The van der Waals surface area contributed by atoms with Crippen LogP contribution in [-0.4, -0.2) is 82.9 Å². The van der Waals surface area contributed by atoms with Gasteiger partial charge in [-0.2, -0.15) is 0 Å². The van der Waals surface area contributed by atoms with Gasteiger partial charge >= 0.3 is 0 Å². The van der Waals surface area contributed by atoms with Crippen LogP contribution < -0.4 is 15.4 Å². The molecule has 0 spiro atoms. The number of anilines is 2. The first kappa shape index (κ1) is 27.8. The molecule has 2 aliphatic heterocycles. The number of hydrogen-bond acceptors (Lipinski definition) is 8. The van der Waals surface area contributed by atoms with Gasteiger partial charge in [0.05, 0.1) is 12.0 Å². The maximum Gasteiger partial charge on any atom is 0.262 e. The number of nitrogens with one attached hydrogen (secondary N) is 2. The molecule has 3 heterocycles. The summed E-state index contributed by atoms with van der Waals surface area (Å²) in [5, 5.41) is 6.50. The van der Waals surface area contributed by atoms with Gasteiger partial charge in [0.25, 0.3) is 5.91 Å². The number of allylic oxidation sites excluding steroid dienone is 2. The minimum atomic E-state index is -0.453. The van der Waals surface area contributed by atoms with Crippen LogP contribution in [0.5, 0.6) is 5.88 Å². The summed E-state index contributed by atoms with van der Waals surface area (Å²) in [6.07, 6.45) is 6.61. The first-order valence-corrected chi connectivity index (χ1v) is 14.0. The molecule has 3 aliphatic rings. The van der Waals surface area contributed by atoms with Crippen LogP contribution in [0.2, 0.25) is 0 Å². The zero-order valence-corrected chi connectivity index (χ0v) is 23.7. The van der Waals surface area contributed by atoms with Crippen molar-refractivity contribution in [3.05, 3.63) is 77.2 Å². The fraction of sp³-hybridized carbons (Fsp3) is 0.433. The molecule has 1 aromatic heterocycles. The number of amides is 1. The molecule has 2 aromatic rings. The third-order valence-corrected chi connectivity index (χ3v) is 7.78. The number of halogens is 1. The highest BCUT2D eigenvalue weighted by Crippen LogP contribution is 2.35. The Hall–Kier alpha value is -3.76. The minimum absolute atomic E-state index is 0.00514. The molecule has 5 rings (SSSR count). The number of hydrogen-bond donors (Lipinski definition) is 2. The summed E-state index contributed by atoms with van der Waals surface area (Å²) >= 11 is 0. The van der Waals surface area contributed by atoms with E-state index < -0.39 is 11.7 Å². The number of aromatic nitrogens is 2. The largest absolute Gasteiger partial charge is 0.435 e. The molecule has 212 valence electrons. The fourth-order valence-corrected chi connectivity index (χ4v) is 5.22. The van der Waals surface area contributed by atoms with Crippen LogP contribution in [0.1, 0.15) is 36.7 Å². The van der Waals surface area contributed by atoms with Crippen molar-refractivity contribution in [1.82, 2.24) is 30.0 Å². The Morgan fingerprint density at radius 1 is 1.15 bits per heavy atom. The minimum Gasteiger partial charge on any atom is -0.435 e. The SMILES string of the molecule is CCN1CCN(Cc2ccc(Nc3ncnc(OC4=C(F)C5C=C(C)NC5C=C4)c3C(=O)N(C)CC)cc2)CC1.